The van der Waals surface area contributed by atoms with E-state index in [1.807, 2.05) is 0 Å². The lowest BCUT2D eigenvalue weighted by Gasteiger charge is -2.46. The molecule has 0 radical (unpaired) electrons. The zero-order chi connectivity index (χ0) is 14.8. The lowest BCUT2D eigenvalue weighted by Crippen LogP contribution is -2.64. The summed E-state index contributed by atoms with van der Waals surface area (Å²) >= 11 is 6.31. The van der Waals surface area contributed by atoms with Crippen molar-refractivity contribution in [2.45, 2.75) is 36.7 Å². The highest BCUT2D eigenvalue weighted by atomic mass is 35.5. The Bertz CT molecular complexity index is 421. The van der Waals surface area contributed by atoms with Crippen LogP contribution in [0.25, 0.3) is 0 Å². The fourth-order valence-corrected chi connectivity index (χ4v) is 5.29. The monoisotopic (exact) mass is 334 g/mol. The first kappa shape index (κ1) is 15.4. The van der Waals surface area contributed by atoms with Crippen molar-refractivity contribution in [2.24, 2.45) is 0 Å². The molecule has 0 aromatic heterocycles. The van der Waals surface area contributed by atoms with Crippen molar-refractivity contribution >= 4 is 31.9 Å². The van der Waals surface area contributed by atoms with E-state index in [9.17, 15) is 9.59 Å². The minimum atomic E-state index is -0.871. The molecule has 3 N–H and O–H groups in total. The molecule has 3 heterocycles. The number of carbonyl (C=O) groups is 2. The number of nitrogens with one attached hydrogen (secondary N) is 3. The van der Waals surface area contributed by atoms with Gasteiger partial charge >= 0.3 is 11.8 Å². The second kappa shape index (κ2) is 6.75. The average molecular weight is 335 g/mol. The molecule has 3 aliphatic heterocycles. The summed E-state index contributed by atoms with van der Waals surface area (Å²) in [6.45, 7) is 2.89. The Kier molecular flexibility index (Phi) is 4.96. The fourth-order valence-electron chi connectivity index (χ4n) is 2.96. The maximum Gasteiger partial charge on any atom is 0.309 e. The third-order valence-electron chi connectivity index (χ3n) is 4.03. The van der Waals surface area contributed by atoms with Crippen molar-refractivity contribution in [3.63, 3.8) is 0 Å². The van der Waals surface area contributed by atoms with Crippen LogP contribution in [0.1, 0.15) is 19.3 Å². The van der Waals surface area contributed by atoms with Crippen LogP contribution < -0.4 is 15.7 Å². The summed E-state index contributed by atoms with van der Waals surface area (Å²) in [5.41, 5.74) is 0. The smallest absolute Gasteiger partial charge is 0.309 e. The zero-order valence-electron chi connectivity index (χ0n) is 11.7. The van der Waals surface area contributed by atoms with Gasteiger partial charge in [0.1, 0.15) is 0 Å². The van der Waals surface area contributed by atoms with Crippen LogP contribution in [-0.4, -0.2) is 60.2 Å². The fraction of sp³-hybridized carbons (Fsp3) is 0.833. The molecule has 3 rings (SSSR count). The van der Waals surface area contributed by atoms with Crippen LogP contribution in [0, 0.1) is 0 Å². The molecule has 118 valence electrons. The van der Waals surface area contributed by atoms with Crippen molar-refractivity contribution in [3.05, 3.63) is 0 Å². The molecular weight excluding hydrogens is 315 g/mol. The van der Waals surface area contributed by atoms with Gasteiger partial charge in [0, 0.05) is 31.1 Å². The van der Waals surface area contributed by atoms with Gasteiger partial charge < -0.3 is 15.2 Å². The van der Waals surface area contributed by atoms with Gasteiger partial charge in [-0.3, -0.25) is 14.7 Å². The highest BCUT2D eigenvalue weighted by Gasteiger charge is 2.41. The van der Waals surface area contributed by atoms with E-state index in [4.69, 9.17) is 16.1 Å². The molecule has 0 aromatic rings. The predicted octanol–water partition coefficient (Wildman–Crippen LogP) is -0.0904. The number of halogens is 1. The molecule has 21 heavy (non-hydrogen) atoms. The van der Waals surface area contributed by atoms with Crippen molar-refractivity contribution in [1.82, 2.24) is 20.4 Å². The molecule has 2 amide bonds. The SMILES string of the molecule is O=C1NCC(C2CCC(Cl)CN2P2NCCCO2)NC1=O. The molecule has 4 unspecified atom stereocenters. The van der Waals surface area contributed by atoms with Crippen LogP contribution in [0.4, 0.5) is 0 Å². The van der Waals surface area contributed by atoms with Crippen molar-refractivity contribution in [2.75, 3.05) is 26.2 Å². The van der Waals surface area contributed by atoms with Crippen LogP contribution in [-0.2, 0) is 14.1 Å². The Labute approximate surface area is 130 Å². The van der Waals surface area contributed by atoms with E-state index in [1.54, 1.807) is 0 Å². The Morgan fingerprint density at radius 2 is 2.14 bits per heavy atom. The molecule has 3 aliphatic rings. The van der Waals surface area contributed by atoms with Crippen LogP contribution in [0.15, 0.2) is 0 Å². The number of hydrogen-bond acceptors (Lipinski definition) is 5. The van der Waals surface area contributed by atoms with Gasteiger partial charge in [-0.1, -0.05) is 0 Å². The number of piperazine rings is 1. The molecule has 0 saturated carbocycles. The number of carbonyl (C=O) groups excluding carboxylic acids is 2. The molecule has 3 saturated heterocycles. The van der Waals surface area contributed by atoms with Crippen molar-refractivity contribution in [3.8, 4) is 0 Å². The quantitative estimate of drug-likeness (QED) is 0.373. The van der Waals surface area contributed by atoms with Crippen molar-refractivity contribution in [1.29, 1.82) is 0 Å². The molecule has 0 bridgehead atoms. The third kappa shape index (κ3) is 3.48. The average Bonchev–Trinajstić information content (AvgIpc) is 2.51. The standard InChI is InChI=1S/C12H20ClN4O3P/c13-8-2-3-10(9-6-14-11(18)12(19)16-9)17(7-8)21-15-4-1-5-20-21/h8-10,15H,1-7H2,(H,14,18)(H,16,19). The predicted molar refractivity (Wildman–Crippen MR) is 79.8 cm³/mol. The van der Waals surface area contributed by atoms with Gasteiger partial charge in [0.05, 0.1) is 12.6 Å². The molecule has 4 atom stereocenters. The Morgan fingerprint density at radius 1 is 1.29 bits per heavy atom. The van der Waals surface area contributed by atoms with Gasteiger partial charge in [0.25, 0.3) is 0 Å². The van der Waals surface area contributed by atoms with Crippen LogP contribution in [0.3, 0.4) is 0 Å². The second-order valence-corrected chi connectivity index (χ2v) is 7.77. The second-order valence-electron chi connectivity index (χ2n) is 5.52. The normalized spacial score (nSPS) is 38.7. The number of piperidine rings is 1. The van der Waals surface area contributed by atoms with Crippen LogP contribution >= 0.6 is 20.1 Å². The lowest BCUT2D eigenvalue weighted by atomic mass is 9.96. The summed E-state index contributed by atoms with van der Waals surface area (Å²) in [6.07, 6.45) is 2.81. The highest BCUT2D eigenvalue weighted by molar-refractivity contribution is 7.47. The molecule has 0 aromatic carbocycles. The van der Waals surface area contributed by atoms with Crippen LogP contribution in [0.2, 0.25) is 0 Å². The zero-order valence-corrected chi connectivity index (χ0v) is 13.3. The molecule has 0 spiro atoms. The highest BCUT2D eigenvalue weighted by Crippen LogP contribution is 2.45. The molecular formula is C12H20ClN4O3P. The number of hydrogen-bond donors (Lipinski definition) is 3. The molecule has 3 fully saturated rings. The van der Waals surface area contributed by atoms with Crippen molar-refractivity contribution < 1.29 is 14.1 Å². The first-order chi connectivity index (χ1) is 10.1. The summed E-state index contributed by atoms with van der Waals surface area (Å²) in [6, 6.07) is 0.0513. The summed E-state index contributed by atoms with van der Waals surface area (Å²) in [7, 11) is -0.871. The Morgan fingerprint density at radius 3 is 2.86 bits per heavy atom. The third-order valence-corrected chi connectivity index (χ3v) is 6.23. The first-order valence-electron chi connectivity index (χ1n) is 7.31. The minimum Gasteiger partial charge on any atom is -0.346 e. The number of amides is 2. The largest absolute Gasteiger partial charge is 0.346 e. The van der Waals surface area contributed by atoms with E-state index >= 15 is 0 Å². The van der Waals surface area contributed by atoms with E-state index in [-0.39, 0.29) is 17.5 Å². The van der Waals surface area contributed by atoms with Gasteiger partial charge in [0.15, 0.2) is 8.45 Å². The first-order valence-corrected chi connectivity index (χ1v) is 8.96. The molecule has 0 aliphatic carbocycles. The topological polar surface area (TPSA) is 82.7 Å². The summed E-state index contributed by atoms with van der Waals surface area (Å²) in [5, 5.41) is 8.97. The van der Waals surface area contributed by atoms with Gasteiger partial charge in [-0.05, 0) is 19.3 Å². The lowest BCUT2D eigenvalue weighted by molar-refractivity contribution is -0.141. The minimum absolute atomic E-state index is 0.0887. The van der Waals surface area contributed by atoms with Gasteiger partial charge in [-0.2, -0.15) is 0 Å². The van der Waals surface area contributed by atoms with E-state index in [0.29, 0.717) is 6.54 Å². The summed E-state index contributed by atoms with van der Waals surface area (Å²) < 4.78 is 8.10. The summed E-state index contributed by atoms with van der Waals surface area (Å²) in [4.78, 5) is 22.9. The Balaban J connectivity index is 1.71. The van der Waals surface area contributed by atoms with Gasteiger partial charge in [-0.15, -0.1) is 11.6 Å². The number of rotatable bonds is 2. The van der Waals surface area contributed by atoms with E-state index in [0.717, 1.165) is 39.0 Å². The summed E-state index contributed by atoms with van der Waals surface area (Å²) in [5.74, 6) is -1.11. The maximum absolute atomic E-state index is 11.6. The number of alkyl halides is 1. The van der Waals surface area contributed by atoms with Crippen LogP contribution in [0.5, 0.6) is 0 Å². The van der Waals surface area contributed by atoms with Gasteiger partial charge in [-0.25, -0.2) is 4.67 Å². The van der Waals surface area contributed by atoms with E-state index < -0.39 is 20.3 Å². The number of nitrogens with zero attached hydrogens (tertiary/aromatic N) is 1. The molecule has 7 nitrogen and oxygen atoms in total. The maximum atomic E-state index is 11.6. The molecule has 9 heteroatoms. The van der Waals surface area contributed by atoms with Gasteiger partial charge in [0.2, 0.25) is 0 Å². The van der Waals surface area contributed by atoms with E-state index in [2.05, 4.69) is 20.4 Å². The Hall–Kier alpha value is -0.460. The van der Waals surface area contributed by atoms with E-state index in [1.165, 1.54) is 0 Å².